The molecule has 5 bridgehead atoms. The number of rotatable bonds is 3. The minimum absolute atomic E-state index is 0.0553. The van der Waals surface area contributed by atoms with Crippen LogP contribution in [-0.4, -0.2) is 59.2 Å². The summed E-state index contributed by atoms with van der Waals surface area (Å²) in [6.07, 6.45) is 5.59. The average Bonchev–Trinajstić information content (AvgIpc) is 3.38. The number of esters is 1. The summed E-state index contributed by atoms with van der Waals surface area (Å²) in [5.41, 5.74) is 0.259. The summed E-state index contributed by atoms with van der Waals surface area (Å²) >= 11 is 0. The number of aliphatic hydroxyl groups is 1. The number of hydrogen-bond donors (Lipinski definition) is 1. The highest BCUT2D eigenvalue weighted by Crippen LogP contribution is 2.72. The third-order valence-electron chi connectivity index (χ3n) is 8.12. The molecule has 0 saturated carbocycles. The van der Waals surface area contributed by atoms with Crippen LogP contribution in [0.4, 0.5) is 0 Å². The molecule has 0 aliphatic carbocycles. The second kappa shape index (κ2) is 5.45. The number of nitrogens with zero attached hydrogens (tertiary/aromatic N) is 1. The monoisotopic (exact) mass is 401 g/mol. The van der Waals surface area contributed by atoms with Crippen molar-refractivity contribution < 1.29 is 28.8 Å². The highest BCUT2D eigenvalue weighted by molar-refractivity contribution is 5.93. The standard InChI is InChI=1S/C22H27NO6/c1-10(24)5-7-21-14-6-8-23(21)13-9-15(21)28-22(14)16(13)11(2)18(29-22)19-17(26-4)12(3)20(25)27-19/h5,7,10-11,13-16,24H,6,8-9H2,1-4H3/b7-5+,19-18-/t10-,11-,13-,14-,15-,16+,21+,22+/m0/s1. The van der Waals surface area contributed by atoms with Gasteiger partial charge in [0.2, 0.25) is 11.5 Å². The van der Waals surface area contributed by atoms with E-state index >= 15 is 0 Å². The molecule has 6 aliphatic rings. The quantitative estimate of drug-likeness (QED) is 0.571. The van der Waals surface area contributed by atoms with Gasteiger partial charge in [0, 0.05) is 18.5 Å². The van der Waals surface area contributed by atoms with Crippen LogP contribution < -0.4 is 0 Å². The van der Waals surface area contributed by atoms with Gasteiger partial charge in [-0.15, -0.1) is 0 Å². The predicted octanol–water partition coefficient (Wildman–Crippen LogP) is 1.84. The summed E-state index contributed by atoms with van der Waals surface area (Å²) in [5, 5.41) is 9.87. The Labute approximate surface area is 169 Å². The SMILES string of the molecule is COC1=C(C)C(=O)O/C1=C1\O[C@@]23O[C@H]4C[C@@H]([C@H]2[C@@H]1C)N1CC[C@H]3[C@]41/C=C/[C@H](C)O. The third kappa shape index (κ3) is 1.84. The van der Waals surface area contributed by atoms with Crippen molar-refractivity contribution in [2.45, 2.75) is 63.2 Å². The van der Waals surface area contributed by atoms with Crippen LogP contribution >= 0.6 is 0 Å². The Morgan fingerprint density at radius 2 is 2.21 bits per heavy atom. The maximum Gasteiger partial charge on any atom is 0.343 e. The molecule has 5 fully saturated rings. The zero-order chi connectivity index (χ0) is 20.3. The molecule has 0 radical (unpaired) electrons. The molecule has 1 spiro atoms. The highest BCUT2D eigenvalue weighted by atomic mass is 16.7. The van der Waals surface area contributed by atoms with Crippen molar-refractivity contribution in [2.24, 2.45) is 17.8 Å². The fraction of sp³-hybridized carbons (Fsp3) is 0.682. The number of fused-ring (bicyclic) bond motifs is 1. The van der Waals surface area contributed by atoms with Crippen molar-refractivity contribution >= 4 is 5.97 Å². The first-order chi connectivity index (χ1) is 13.8. The summed E-state index contributed by atoms with van der Waals surface area (Å²) in [5.74, 6) is 0.884. The lowest BCUT2D eigenvalue weighted by atomic mass is 9.71. The molecule has 5 saturated heterocycles. The Balaban J connectivity index is 1.47. The Bertz CT molecular complexity index is 905. The summed E-state index contributed by atoms with van der Waals surface area (Å²) in [6.45, 7) is 6.65. The van der Waals surface area contributed by atoms with E-state index in [1.54, 1.807) is 21.0 Å². The van der Waals surface area contributed by atoms with Crippen molar-refractivity contribution in [3.63, 3.8) is 0 Å². The number of carbonyl (C=O) groups excluding carboxylic acids is 1. The molecule has 6 aliphatic heterocycles. The maximum absolute atomic E-state index is 12.2. The van der Waals surface area contributed by atoms with E-state index in [4.69, 9.17) is 18.9 Å². The van der Waals surface area contributed by atoms with E-state index in [1.807, 2.05) is 6.08 Å². The van der Waals surface area contributed by atoms with Crippen molar-refractivity contribution in [2.75, 3.05) is 13.7 Å². The van der Waals surface area contributed by atoms with Gasteiger partial charge in [-0.1, -0.05) is 19.1 Å². The van der Waals surface area contributed by atoms with Crippen LogP contribution in [0, 0.1) is 17.8 Å². The lowest BCUT2D eigenvalue weighted by Crippen LogP contribution is -2.60. The van der Waals surface area contributed by atoms with Crippen molar-refractivity contribution in [1.29, 1.82) is 0 Å². The second-order valence-corrected chi connectivity index (χ2v) is 9.31. The molecule has 0 amide bonds. The summed E-state index contributed by atoms with van der Waals surface area (Å²) in [7, 11) is 1.55. The van der Waals surface area contributed by atoms with E-state index in [1.165, 1.54) is 0 Å². The van der Waals surface area contributed by atoms with E-state index < -0.39 is 11.9 Å². The van der Waals surface area contributed by atoms with Gasteiger partial charge in [0.05, 0.1) is 42.3 Å². The fourth-order valence-corrected chi connectivity index (χ4v) is 7.21. The van der Waals surface area contributed by atoms with Gasteiger partial charge in [-0.3, -0.25) is 4.90 Å². The maximum atomic E-state index is 12.2. The Morgan fingerprint density at radius 1 is 1.41 bits per heavy atom. The molecule has 1 N–H and O–H groups in total. The van der Waals surface area contributed by atoms with Gasteiger partial charge < -0.3 is 24.1 Å². The van der Waals surface area contributed by atoms with E-state index in [0.717, 1.165) is 19.4 Å². The van der Waals surface area contributed by atoms with E-state index in [9.17, 15) is 9.90 Å². The molecule has 6 rings (SSSR count). The Hall–Kier alpha value is -1.83. The predicted molar refractivity (Wildman–Crippen MR) is 101 cm³/mol. The first-order valence-corrected chi connectivity index (χ1v) is 10.6. The van der Waals surface area contributed by atoms with Gasteiger partial charge >= 0.3 is 5.97 Å². The molecule has 0 aromatic carbocycles. The molecule has 1 unspecified atom stereocenters. The molecule has 156 valence electrons. The molecule has 7 heteroatoms. The van der Waals surface area contributed by atoms with E-state index in [0.29, 0.717) is 28.9 Å². The smallest absolute Gasteiger partial charge is 0.343 e. The van der Waals surface area contributed by atoms with Crippen molar-refractivity contribution in [1.82, 2.24) is 4.90 Å². The molecule has 29 heavy (non-hydrogen) atoms. The van der Waals surface area contributed by atoms with Crippen molar-refractivity contribution in [3.05, 3.63) is 35.0 Å². The fourth-order valence-electron chi connectivity index (χ4n) is 7.21. The highest BCUT2D eigenvalue weighted by Gasteiger charge is 2.83. The molecular formula is C22H27NO6. The average molecular weight is 401 g/mol. The molecule has 9 atom stereocenters. The van der Waals surface area contributed by atoms with Crippen LogP contribution in [0.1, 0.15) is 33.6 Å². The van der Waals surface area contributed by atoms with Gasteiger partial charge in [-0.25, -0.2) is 4.79 Å². The van der Waals surface area contributed by atoms with Crippen LogP contribution in [0.25, 0.3) is 0 Å². The van der Waals surface area contributed by atoms with E-state index in [2.05, 4.69) is 17.9 Å². The molecule has 0 aromatic rings. The second-order valence-electron chi connectivity index (χ2n) is 9.31. The lowest BCUT2D eigenvalue weighted by Gasteiger charge is -2.47. The van der Waals surface area contributed by atoms with Gasteiger partial charge in [-0.05, 0) is 26.7 Å². The number of allylic oxidation sites excluding steroid dienone is 1. The van der Waals surface area contributed by atoms with Crippen LogP contribution in [0.3, 0.4) is 0 Å². The van der Waals surface area contributed by atoms with Gasteiger partial charge in [-0.2, -0.15) is 0 Å². The summed E-state index contributed by atoms with van der Waals surface area (Å²) < 4.78 is 24.4. The molecule has 6 heterocycles. The lowest BCUT2D eigenvalue weighted by molar-refractivity contribution is -0.255. The van der Waals surface area contributed by atoms with Gasteiger partial charge in [0.25, 0.3) is 0 Å². The summed E-state index contributed by atoms with van der Waals surface area (Å²) in [4.78, 5) is 14.8. The van der Waals surface area contributed by atoms with Crippen molar-refractivity contribution in [3.8, 4) is 0 Å². The largest absolute Gasteiger partial charge is 0.492 e. The number of hydrogen-bond acceptors (Lipinski definition) is 7. The zero-order valence-corrected chi connectivity index (χ0v) is 17.2. The van der Waals surface area contributed by atoms with Gasteiger partial charge in [0.1, 0.15) is 5.76 Å². The number of methoxy groups -OCH3 is 1. The summed E-state index contributed by atoms with van der Waals surface area (Å²) in [6, 6.07) is 0.354. The molecule has 0 aromatic heterocycles. The molecular weight excluding hydrogens is 374 g/mol. The molecule has 7 nitrogen and oxygen atoms in total. The normalized spacial score (nSPS) is 52.5. The number of ether oxygens (including phenoxy) is 4. The first kappa shape index (κ1) is 18.0. The van der Waals surface area contributed by atoms with Crippen LogP contribution in [-0.2, 0) is 23.7 Å². The van der Waals surface area contributed by atoms with Crippen LogP contribution in [0.15, 0.2) is 35.0 Å². The zero-order valence-electron chi connectivity index (χ0n) is 17.2. The number of carbonyl (C=O) groups is 1. The van der Waals surface area contributed by atoms with Gasteiger partial charge in [0.15, 0.2) is 5.76 Å². The Morgan fingerprint density at radius 3 is 2.93 bits per heavy atom. The minimum atomic E-state index is -0.701. The first-order valence-electron chi connectivity index (χ1n) is 10.6. The van der Waals surface area contributed by atoms with E-state index in [-0.39, 0.29) is 35.4 Å². The number of aliphatic hydroxyl groups excluding tert-OH is 1. The topological polar surface area (TPSA) is 77.5 Å². The van der Waals surface area contributed by atoms with Crippen LogP contribution in [0.2, 0.25) is 0 Å². The number of piperidine rings is 1. The number of cyclic esters (lactones) is 1. The Kier molecular flexibility index (Phi) is 3.38. The third-order valence-corrected chi connectivity index (χ3v) is 8.12. The van der Waals surface area contributed by atoms with Crippen LogP contribution in [0.5, 0.6) is 0 Å². The minimum Gasteiger partial charge on any atom is -0.492 e.